The molecule has 9 heterocycles. The number of fused-ring (bicyclic) bond motifs is 9. The molecule has 0 bridgehead atoms. The standard InChI is InChI=1S/C25H32N2O.C23H27N2.C17H23N2.C17H17N2.C11H13N2/c1-16-9-11-19-20-12-10-17(2)26-23(20)28-22(19)21(16)27-18(3)25(15-24(27,4)5)13-7-6-8-14-25;1-16-11-10-14-19-20(16)25-21(23(4,5)22(19,2)3)18(15-24(25)6)17-12-8-7-9-13-17;1-12-8-7-9-13-15(12)19-14(10-11-18(19)6)17(4,5)16(13,2)3;1-14-8-6-7-11-16(14)19-13-12-17(18(19)2)15-9-4-3-5-10-15;1-10-6-3-4-7-11(10)13-9-5-8-12(13)2/h9-12,18H,6-8,13-15H2,1-5H3;7-15H,1-6H3;7-11H,1-6H3;3-13H,1-2H3;3-9H,1-2H3/q;4*+1/i15D2;;;;. The van der Waals surface area contributed by atoms with Gasteiger partial charge in [-0.3, -0.25) is 0 Å². The normalized spacial score (nSPS) is 18.0. The molecule has 1 saturated heterocycles. The van der Waals surface area contributed by atoms with Crippen molar-refractivity contribution in [1.82, 2.24) is 23.7 Å². The highest BCUT2D eigenvalue weighted by atomic mass is 16.3. The van der Waals surface area contributed by atoms with Crippen molar-refractivity contribution >= 4 is 27.8 Å². The number of hydrogen-bond donors (Lipinski definition) is 0. The van der Waals surface area contributed by atoms with E-state index >= 15 is 0 Å². The van der Waals surface area contributed by atoms with Gasteiger partial charge < -0.3 is 9.32 Å². The van der Waals surface area contributed by atoms with Crippen molar-refractivity contribution in [2.24, 2.45) is 33.6 Å². The fourth-order valence-corrected chi connectivity index (χ4v) is 17.5. The minimum absolute atomic E-state index is 0.000226. The summed E-state index contributed by atoms with van der Waals surface area (Å²) >= 11 is 0. The molecule has 3 aliphatic heterocycles. The third kappa shape index (κ3) is 12.4. The Labute approximate surface area is 622 Å². The Morgan fingerprint density at radius 2 is 1.00 bits per heavy atom. The highest BCUT2D eigenvalue weighted by Gasteiger charge is 2.55. The Bertz CT molecular complexity index is 5390. The van der Waals surface area contributed by atoms with Gasteiger partial charge in [-0.05, 0) is 168 Å². The Morgan fingerprint density at radius 3 is 1.60 bits per heavy atom. The fourth-order valence-electron chi connectivity index (χ4n) is 17.5. The van der Waals surface area contributed by atoms with Crippen LogP contribution in [0, 0.1) is 47.0 Å². The number of anilines is 1. The van der Waals surface area contributed by atoms with Gasteiger partial charge in [-0.2, -0.15) is 0 Å². The predicted octanol–water partition coefficient (Wildman–Crippen LogP) is 19.8. The Hall–Kier alpha value is -9.87. The van der Waals surface area contributed by atoms with Gasteiger partial charge >= 0.3 is 0 Å². The molecule has 13 aromatic rings. The van der Waals surface area contributed by atoms with Crippen LogP contribution >= 0.6 is 0 Å². The van der Waals surface area contributed by atoms with E-state index in [9.17, 15) is 2.74 Å². The molecule has 7 aromatic carbocycles. The van der Waals surface area contributed by atoms with Crippen LogP contribution in [0.25, 0.3) is 67.2 Å². The maximum Gasteiger partial charge on any atom is 0.238 e. The van der Waals surface area contributed by atoms with E-state index in [1.165, 1.54) is 96.3 Å². The van der Waals surface area contributed by atoms with Crippen LogP contribution in [0.1, 0.15) is 173 Å². The summed E-state index contributed by atoms with van der Waals surface area (Å²) in [4.78, 5) is 6.97. The van der Waals surface area contributed by atoms with E-state index in [0.717, 1.165) is 59.0 Å². The third-order valence-corrected chi connectivity index (χ3v) is 24.6. The van der Waals surface area contributed by atoms with Gasteiger partial charge in [0.05, 0.1) is 29.3 Å². The maximum absolute atomic E-state index is 9.34. The Morgan fingerprint density at radius 1 is 0.462 bits per heavy atom. The second-order valence-electron chi connectivity index (χ2n) is 32.6. The number of benzene rings is 7. The summed E-state index contributed by atoms with van der Waals surface area (Å²) in [6.07, 6.45) is 14.7. The van der Waals surface area contributed by atoms with Crippen molar-refractivity contribution in [3.8, 4) is 45.1 Å². The van der Waals surface area contributed by atoms with Crippen LogP contribution in [-0.2, 0) is 49.9 Å². The van der Waals surface area contributed by atoms with Crippen molar-refractivity contribution < 1.29 is 25.9 Å². The van der Waals surface area contributed by atoms with Crippen LogP contribution < -0.4 is 23.6 Å². The van der Waals surface area contributed by atoms with Crippen molar-refractivity contribution in [2.75, 3.05) is 4.90 Å². The molecule has 2 fully saturated rings. The van der Waals surface area contributed by atoms with E-state index in [1.807, 2.05) is 38.4 Å². The molecular weight excluding hydrogens is 1270 g/mol. The molecule has 1 spiro atoms. The Balaban J connectivity index is 0.000000120. The van der Waals surface area contributed by atoms with Gasteiger partial charge in [-0.1, -0.05) is 208 Å². The molecule has 6 aromatic heterocycles. The summed E-state index contributed by atoms with van der Waals surface area (Å²) in [5.74, 6) is 0. The number of nitrogens with zero attached hydrogens (tertiary/aromatic N) is 10. The molecule has 17 rings (SSSR count). The lowest BCUT2D eigenvalue weighted by molar-refractivity contribution is -0.745. The quantitative estimate of drug-likeness (QED) is 0.161. The number of aryl methyl sites for hydroxylation is 9. The minimum atomic E-state index is -1.30. The third-order valence-electron chi connectivity index (χ3n) is 24.6. The lowest BCUT2D eigenvalue weighted by atomic mass is 9.59. The Kier molecular flexibility index (Phi) is 18.6. The van der Waals surface area contributed by atoms with Crippen LogP contribution in [-0.4, -0.2) is 35.3 Å². The van der Waals surface area contributed by atoms with Crippen LogP contribution in [0.4, 0.5) is 5.69 Å². The predicted molar refractivity (Wildman–Crippen MR) is 427 cm³/mol. The smallest absolute Gasteiger partial charge is 0.238 e. The van der Waals surface area contributed by atoms with Gasteiger partial charge in [0, 0.05) is 76.2 Å². The van der Waals surface area contributed by atoms with Gasteiger partial charge in [0.15, 0.2) is 46.2 Å². The number of furan rings is 1. The van der Waals surface area contributed by atoms with Gasteiger partial charge in [-0.25, -0.2) is 4.98 Å². The second kappa shape index (κ2) is 27.6. The molecular formula is C93H112N10O+4. The van der Waals surface area contributed by atoms with E-state index in [2.05, 4.69) is 374 Å². The molecule has 0 N–H and O–H groups in total. The first-order valence-corrected chi connectivity index (χ1v) is 37.6. The van der Waals surface area contributed by atoms with E-state index in [4.69, 9.17) is 4.42 Å². The first kappa shape index (κ1) is 69.8. The van der Waals surface area contributed by atoms with Crippen molar-refractivity contribution in [2.45, 2.75) is 189 Å². The number of hydrogen-bond acceptors (Lipinski definition) is 3. The number of aromatic nitrogens is 9. The molecule has 104 heavy (non-hydrogen) atoms. The van der Waals surface area contributed by atoms with Crippen LogP contribution in [0.5, 0.6) is 0 Å². The number of para-hydroxylation sites is 4. The van der Waals surface area contributed by atoms with Crippen molar-refractivity contribution in [3.63, 3.8) is 0 Å². The molecule has 11 heteroatoms. The van der Waals surface area contributed by atoms with E-state index in [1.54, 1.807) is 0 Å². The monoisotopic (exact) mass is 1390 g/mol. The fraction of sp³-hybridized carbons (Fsp3) is 0.366. The first-order valence-electron chi connectivity index (χ1n) is 38.6. The second-order valence-corrected chi connectivity index (χ2v) is 32.6. The largest absolute Gasteiger partial charge is 0.436 e. The van der Waals surface area contributed by atoms with Crippen LogP contribution in [0.3, 0.4) is 0 Å². The lowest BCUT2D eigenvalue weighted by Crippen LogP contribution is -2.51. The average Bonchev–Trinajstić information content (AvgIpc) is 1.53. The minimum Gasteiger partial charge on any atom is -0.436 e. The van der Waals surface area contributed by atoms with E-state index in [-0.39, 0.29) is 33.1 Å². The highest BCUT2D eigenvalue weighted by molar-refractivity contribution is 6.08. The summed E-state index contributed by atoms with van der Waals surface area (Å²) in [6, 6.07) is 66.3. The summed E-state index contributed by atoms with van der Waals surface area (Å²) in [5.41, 5.74) is 25.0. The molecule has 11 nitrogen and oxygen atoms in total. The SMILES string of the molecule is Cc1cccc2c1-n1c(c(-c3ccccc3)c[n+]1C)C(C)(C)C2(C)C.Cc1cccc2c1-n1c(cc[n+]1C)C(C)(C)C2(C)C.Cc1ccccc1-n1ccc(-c2ccccc2)[n+]1C.Cc1ccccc1-n1ccc[n+]1C.[2H]C1([2H])C2(CCCCC2)C(C)N(c2c(C)ccc3c2oc2nc(C)ccc23)C1(C)C. The zero-order valence-electron chi connectivity index (χ0n) is 67.8. The molecule has 4 aliphatic rings. The molecule has 1 unspecified atom stereocenters. The van der Waals surface area contributed by atoms with E-state index in [0.29, 0.717) is 5.71 Å². The summed E-state index contributed by atoms with van der Waals surface area (Å²) in [7, 11) is 8.40. The van der Waals surface area contributed by atoms with E-state index < -0.39 is 11.9 Å². The van der Waals surface area contributed by atoms with Crippen LogP contribution in [0.2, 0.25) is 0 Å². The molecule has 1 aliphatic carbocycles. The summed E-state index contributed by atoms with van der Waals surface area (Å²) < 4.78 is 42.8. The highest BCUT2D eigenvalue weighted by Crippen LogP contribution is 2.58. The molecule has 0 radical (unpaired) electrons. The summed E-state index contributed by atoms with van der Waals surface area (Å²) in [5, 5.41) is 2.09. The van der Waals surface area contributed by atoms with Gasteiger partial charge in [0.2, 0.25) is 17.6 Å². The maximum atomic E-state index is 9.34. The van der Waals surface area contributed by atoms with Gasteiger partial charge in [0.1, 0.15) is 28.4 Å². The lowest BCUT2D eigenvalue weighted by Gasteiger charge is -2.46. The first-order chi connectivity index (χ1) is 50.2. The van der Waals surface area contributed by atoms with Crippen LogP contribution in [0.15, 0.2) is 223 Å². The van der Waals surface area contributed by atoms with Crippen molar-refractivity contribution in [3.05, 3.63) is 275 Å². The number of rotatable bonds is 5. The zero-order valence-corrected chi connectivity index (χ0v) is 65.8. The average molecular weight is 1390 g/mol. The molecule has 536 valence electrons. The molecule has 0 amide bonds. The summed E-state index contributed by atoms with van der Waals surface area (Å²) in [6.45, 7) is 38.1. The zero-order chi connectivity index (χ0) is 76.0. The molecule has 1 atom stereocenters. The topological polar surface area (TPSA) is 64.5 Å². The number of pyridine rings is 1. The van der Waals surface area contributed by atoms with Gasteiger partial charge in [0.25, 0.3) is 0 Å². The van der Waals surface area contributed by atoms with Gasteiger partial charge in [-0.15, -0.1) is 37.5 Å². The van der Waals surface area contributed by atoms with Crippen molar-refractivity contribution in [1.29, 1.82) is 0 Å². The molecule has 1 saturated carbocycles.